The SMILES string of the molecule is C[C@@H]1CCC=C2C[C@H]3OC(=O)[C@@H](CN4CCN(CCO)CC4)[C@H]3[C@@H](O)[C@@]21C. The molecule has 2 N–H and O–H groups in total. The molecule has 4 aliphatic rings. The molecule has 6 heteroatoms. The molecule has 1 saturated carbocycles. The number of aliphatic hydroxyl groups is 2. The maximum Gasteiger partial charge on any atom is 0.311 e. The summed E-state index contributed by atoms with van der Waals surface area (Å²) >= 11 is 0. The summed E-state index contributed by atoms with van der Waals surface area (Å²) in [5.74, 6) is -0.0401. The van der Waals surface area contributed by atoms with Crippen LogP contribution >= 0.6 is 0 Å². The molecule has 0 aromatic rings. The van der Waals surface area contributed by atoms with Crippen molar-refractivity contribution in [3.8, 4) is 0 Å². The number of ether oxygens (including phenoxy) is 1. The number of esters is 1. The lowest BCUT2D eigenvalue weighted by Gasteiger charge is -2.52. The Labute approximate surface area is 162 Å². The van der Waals surface area contributed by atoms with Crippen molar-refractivity contribution in [2.75, 3.05) is 45.9 Å². The highest BCUT2D eigenvalue weighted by Gasteiger charge is 2.59. The average molecular weight is 379 g/mol. The molecule has 2 aliphatic heterocycles. The third-order valence-corrected chi connectivity index (χ3v) is 7.91. The van der Waals surface area contributed by atoms with Gasteiger partial charge in [-0.05, 0) is 18.8 Å². The minimum absolute atomic E-state index is 0.101. The van der Waals surface area contributed by atoms with E-state index in [1.165, 1.54) is 5.57 Å². The summed E-state index contributed by atoms with van der Waals surface area (Å²) in [5.41, 5.74) is 1.06. The van der Waals surface area contributed by atoms with Gasteiger partial charge in [-0.3, -0.25) is 14.6 Å². The van der Waals surface area contributed by atoms with Gasteiger partial charge in [-0.25, -0.2) is 0 Å². The zero-order chi connectivity index (χ0) is 19.2. The second kappa shape index (κ2) is 7.47. The maximum atomic E-state index is 12.7. The summed E-state index contributed by atoms with van der Waals surface area (Å²) in [7, 11) is 0. The fraction of sp³-hybridized carbons (Fsp3) is 0.857. The molecule has 0 bridgehead atoms. The topological polar surface area (TPSA) is 73.2 Å². The predicted molar refractivity (Wildman–Crippen MR) is 102 cm³/mol. The number of allylic oxidation sites excluding steroid dienone is 1. The van der Waals surface area contributed by atoms with Gasteiger partial charge in [0.2, 0.25) is 0 Å². The van der Waals surface area contributed by atoms with Crippen molar-refractivity contribution in [3.63, 3.8) is 0 Å². The van der Waals surface area contributed by atoms with Gasteiger partial charge in [0.05, 0.1) is 18.6 Å². The Hall–Kier alpha value is -0.950. The zero-order valence-corrected chi connectivity index (χ0v) is 16.6. The van der Waals surface area contributed by atoms with E-state index in [0.717, 1.165) is 45.4 Å². The van der Waals surface area contributed by atoms with Crippen LogP contribution in [0.25, 0.3) is 0 Å². The van der Waals surface area contributed by atoms with Crippen molar-refractivity contribution in [2.24, 2.45) is 23.2 Å². The Kier molecular flexibility index (Phi) is 5.36. The lowest BCUT2D eigenvalue weighted by atomic mass is 9.55. The number of hydrogen-bond donors (Lipinski definition) is 2. The van der Waals surface area contributed by atoms with E-state index in [2.05, 4.69) is 29.7 Å². The van der Waals surface area contributed by atoms with Crippen molar-refractivity contribution < 1.29 is 19.7 Å². The monoisotopic (exact) mass is 378 g/mol. The molecule has 4 rings (SSSR count). The Balaban J connectivity index is 1.48. The molecule has 0 aromatic heterocycles. The first-order valence-corrected chi connectivity index (χ1v) is 10.6. The third-order valence-electron chi connectivity index (χ3n) is 7.91. The zero-order valence-electron chi connectivity index (χ0n) is 16.6. The molecule has 2 aliphatic carbocycles. The molecule has 2 saturated heterocycles. The van der Waals surface area contributed by atoms with E-state index in [9.17, 15) is 9.90 Å². The first-order valence-electron chi connectivity index (χ1n) is 10.6. The number of carbonyl (C=O) groups excluding carboxylic acids is 1. The Bertz CT molecular complexity index is 601. The van der Waals surface area contributed by atoms with Gasteiger partial charge in [-0.2, -0.15) is 0 Å². The molecule has 3 fully saturated rings. The fourth-order valence-corrected chi connectivity index (χ4v) is 5.89. The molecule has 0 radical (unpaired) electrons. The van der Waals surface area contributed by atoms with Crippen LogP contribution in [0.2, 0.25) is 0 Å². The number of rotatable bonds is 4. The van der Waals surface area contributed by atoms with Gasteiger partial charge in [-0.1, -0.05) is 25.5 Å². The number of nitrogens with zero attached hydrogens (tertiary/aromatic N) is 2. The first-order chi connectivity index (χ1) is 12.9. The second-order valence-electron chi connectivity index (χ2n) is 9.16. The molecule has 0 unspecified atom stereocenters. The lowest BCUT2D eigenvalue weighted by molar-refractivity contribution is -0.145. The first kappa shape index (κ1) is 19.4. The van der Waals surface area contributed by atoms with Gasteiger partial charge >= 0.3 is 5.97 Å². The molecule has 2 heterocycles. The third kappa shape index (κ3) is 3.24. The molecule has 0 spiro atoms. The van der Waals surface area contributed by atoms with Gasteiger partial charge in [-0.15, -0.1) is 0 Å². The molecule has 0 amide bonds. The van der Waals surface area contributed by atoms with Crippen LogP contribution in [0.1, 0.15) is 33.1 Å². The fourth-order valence-electron chi connectivity index (χ4n) is 5.89. The molecule has 152 valence electrons. The lowest BCUT2D eigenvalue weighted by Crippen LogP contribution is -2.55. The van der Waals surface area contributed by atoms with Crippen LogP contribution in [0.15, 0.2) is 11.6 Å². The highest BCUT2D eigenvalue weighted by atomic mass is 16.6. The average Bonchev–Trinajstić information content (AvgIpc) is 2.95. The van der Waals surface area contributed by atoms with Crippen LogP contribution in [-0.4, -0.2) is 84.1 Å². The van der Waals surface area contributed by atoms with E-state index in [1.54, 1.807) is 0 Å². The normalized spacial score (nSPS) is 43.0. The predicted octanol–water partition coefficient (Wildman–Crippen LogP) is 0.881. The van der Waals surface area contributed by atoms with Gasteiger partial charge in [0.25, 0.3) is 0 Å². The number of hydrogen-bond acceptors (Lipinski definition) is 6. The van der Waals surface area contributed by atoms with Crippen LogP contribution < -0.4 is 0 Å². The molecule has 6 atom stereocenters. The Morgan fingerprint density at radius 2 is 1.96 bits per heavy atom. The molecule has 6 nitrogen and oxygen atoms in total. The van der Waals surface area contributed by atoms with Gasteiger partial charge < -0.3 is 14.9 Å². The van der Waals surface area contributed by atoms with Crippen LogP contribution in [0, 0.1) is 23.2 Å². The minimum atomic E-state index is -0.523. The summed E-state index contributed by atoms with van der Waals surface area (Å²) in [6.07, 6.45) is 4.53. The van der Waals surface area contributed by atoms with E-state index in [1.807, 2.05) is 0 Å². The van der Waals surface area contributed by atoms with Crippen molar-refractivity contribution >= 4 is 5.97 Å². The Morgan fingerprint density at radius 1 is 1.26 bits per heavy atom. The summed E-state index contributed by atoms with van der Waals surface area (Å²) in [5, 5.41) is 20.5. The molecular weight excluding hydrogens is 344 g/mol. The van der Waals surface area contributed by atoms with Crippen LogP contribution in [0.5, 0.6) is 0 Å². The Morgan fingerprint density at radius 3 is 2.67 bits per heavy atom. The van der Waals surface area contributed by atoms with E-state index in [0.29, 0.717) is 19.0 Å². The highest BCUT2D eigenvalue weighted by Crippen LogP contribution is 2.56. The number of β-amino-alcohol motifs (C(OH)–C–C–N with tert-alkyl or cyclic N) is 1. The number of fused-ring (bicyclic) bond motifs is 2. The number of piperazine rings is 1. The van der Waals surface area contributed by atoms with Crippen molar-refractivity contribution in [1.29, 1.82) is 0 Å². The van der Waals surface area contributed by atoms with Gasteiger partial charge in [0.15, 0.2) is 0 Å². The quantitative estimate of drug-likeness (QED) is 0.559. The largest absolute Gasteiger partial charge is 0.461 e. The van der Waals surface area contributed by atoms with Crippen molar-refractivity contribution in [1.82, 2.24) is 9.80 Å². The maximum absolute atomic E-state index is 12.7. The highest BCUT2D eigenvalue weighted by molar-refractivity contribution is 5.76. The summed E-state index contributed by atoms with van der Waals surface area (Å²) in [6.45, 7) is 9.65. The van der Waals surface area contributed by atoms with Crippen LogP contribution in [-0.2, 0) is 9.53 Å². The molecular formula is C21H34N2O4. The van der Waals surface area contributed by atoms with E-state index < -0.39 is 6.10 Å². The van der Waals surface area contributed by atoms with Gasteiger partial charge in [0, 0.05) is 57.0 Å². The van der Waals surface area contributed by atoms with Crippen molar-refractivity contribution in [3.05, 3.63) is 11.6 Å². The summed E-state index contributed by atoms with van der Waals surface area (Å²) < 4.78 is 5.77. The van der Waals surface area contributed by atoms with E-state index in [4.69, 9.17) is 9.84 Å². The summed E-state index contributed by atoms with van der Waals surface area (Å²) in [6, 6.07) is 0. The number of aliphatic hydroxyl groups excluding tert-OH is 2. The van der Waals surface area contributed by atoms with Crippen molar-refractivity contribution in [2.45, 2.75) is 45.3 Å². The smallest absolute Gasteiger partial charge is 0.311 e. The van der Waals surface area contributed by atoms with Crippen LogP contribution in [0.3, 0.4) is 0 Å². The van der Waals surface area contributed by atoms with E-state index >= 15 is 0 Å². The van der Waals surface area contributed by atoms with Crippen LogP contribution in [0.4, 0.5) is 0 Å². The molecule has 27 heavy (non-hydrogen) atoms. The standard InChI is InChI=1S/C21H34N2O4/c1-14-4-3-5-15-12-17-18(19(25)21(14,15)2)16(20(26)27-17)13-23-8-6-22(7-9-23)10-11-24/h5,14,16-19,24-25H,3-4,6-13H2,1-2H3/t14-,16+,17-,18-,19-,21-/m1/s1. The minimum Gasteiger partial charge on any atom is -0.461 e. The number of carbonyl (C=O) groups is 1. The second-order valence-corrected chi connectivity index (χ2v) is 9.16. The van der Waals surface area contributed by atoms with E-state index in [-0.39, 0.29) is 35.9 Å². The van der Waals surface area contributed by atoms with Gasteiger partial charge in [0.1, 0.15) is 6.10 Å². The molecule has 0 aromatic carbocycles. The summed E-state index contributed by atoms with van der Waals surface area (Å²) in [4.78, 5) is 17.3.